The van der Waals surface area contributed by atoms with Crippen LogP contribution in [0.1, 0.15) is 43.9 Å². The molecule has 1 saturated heterocycles. The summed E-state index contributed by atoms with van der Waals surface area (Å²) in [5, 5.41) is 14.6. The molecule has 0 bridgehead atoms. The Balaban J connectivity index is 1.99. The van der Waals surface area contributed by atoms with Crippen LogP contribution in [0.15, 0.2) is 18.2 Å². The zero-order chi connectivity index (χ0) is 14.3. The SMILES string of the molecule is C[C@@H]1C[C@H](C)O[C@@H]1[C@](C)(O)c1cccc2c1CNCC2. The third-order valence-electron chi connectivity index (χ3n) is 4.84. The van der Waals surface area contributed by atoms with Gasteiger partial charge in [0, 0.05) is 6.54 Å². The molecule has 1 fully saturated rings. The van der Waals surface area contributed by atoms with E-state index in [2.05, 4.69) is 37.4 Å². The van der Waals surface area contributed by atoms with Crippen molar-refractivity contribution in [2.45, 2.75) is 58.0 Å². The van der Waals surface area contributed by atoms with E-state index in [1.807, 2.05) is 6.92 Å². The molecule has 0 spiro atoms. The Morgan fingerprint density at radius 3 is 2.85 bits per heavy atom. The summed E-state index contributed by atoms with van der Waals surface area (Å²) in [6.07, 6.45) is 2.18. The van der Waals surface area contributed by atoms with Crippen molar-refractivity contribution < 1.29 is 9.84 Å². The van der Waals surface area contributed by atoms with E-state index in [0.717, 1.165) is 31.5 Å². The number of aliphatic hydroxyl groups is 1. The maximum atomic E-state index is 11.2. The fraction of sp³-hybridized carbons (Fsp3) is 0.647. The van der Waals surface area contributed by atoms with Gasteiger partial charge in [-0.1, -0.05) is 25.1 Å². The van der Waals surface area contributed by atoms with Crippen molar-refractivity contribution in [2.75, 3.05) is 6.54 Å². The summed E-state index contributed by atoms with van der Waals surface area (Å²) in [4.78, 5) is 0. The number of ether oxygens (including phenoxy) is 1. The zero-order valence-corrected chi connectivity index (χ0v) is 12.6. The largest absolute Gasteiger partial charge is 0.383 e. The van der Waals surface area contributed by atoms with Crippen LogP contribution in [0, 0.1) is 5.92 Å². The minimum atomic E-state index is -0.922. The van der Waals surface area contributed by atoms with E-state index in [4.69, 9.17) is 4.74 Å². The molecule has 0 radical (unpaired) electrons. The predicted molar refractivity (Wildman–Crippen MR) is 79.5 cm³/mol. The monoisotopic (exact) mass is 275 g/mol. The summed E-state index contributed by atoms with van der Waals surface area (Å²) in [5.74, 6) is 0.382. The van der Waals surface area contributed by atoms with Gasteiger partial charge in [-0.05, 0) is 55.8 Å². The van der Waals surface area contributed by atoms with E-state index in [1.165, 1.54) is 11.1 Å². The van der Waals surface area contributed by atoms with Gasteiger partial charge in [0.2, 0.25) is 0 Å². The Hall–Kier alpha value is -0.900. The van der Waals surface area contributed by atoms with E-state index in [9.17, 15) is 5.11 Å². The van der Waals surface area contributed by atoms with Crippen molar-refractivity contribution in [1.29, 1.82) is 0 Å². The van der Waals surface area contributed by atoms with Crippen LogP contribution in [-0.2, 0) is 23.3 Å². The number of nitrogens with one attached hydrogen (secondary N) is 1. The Bertz CT molecular complexity index is 498. The summed E-state index contributed by atoms with van der Waals surface area (Å²) in [6.45, 7) is 8.05. The quantitative estimate of drug-likeness (QED) is 0.870. The minimum Gasteiger partial charge on any atom is -0.383 e. The lowest BCUT2D eigenvalue weighted by molar-refractivity contribution is -0.106. The van der Waals surface area contributed by atoms with E-state index in [0.29, 0.717) is 5.92 Å². The standard InChI is InChI=1S/C17H25NO2/c1-11-9-12(2)20-16(11)17(3,19)15-6-4-5-13-7-8-18-10-14(13)15/h4-6,11-12,16,18-19H,7-10H2,1-3H3/t11-,12+,16+,17-/m1/s1. The number of fused-ring (bicyclic) bond motifs is 1. The highest BCUT2D eigenvalue weighted by atomic mass is 16.5. The first kappa shape index (κ1) is 14.1. The normalized spacial score (nSPS) is 32.7. The van der Waals surface area contributed by atoms with Crippen LogP contribution >= 0.6 is 0 Å². The summed E-state index contributed by atoms with van der Waals surface area (Å²) < 4.78 is 6.01. The Morgan fingerprint density at radius 1 is 1.35 bits per heavy atom. The highest BCUT2D eigenvalue weighted by Crippen LogP contribution is 2.40. The van der Waals surface area contributed by atoms with Gasteiger partial charge in [0.05, 0.1) is 12.2 Å². The molecule has 0 unspecified atom stereocenters. The van der Waals surface area contributed by atoms with Crippen molar-refractivity contribution in [3.05, 3.63) is 34.9 Å². The topological polar surface area (TPSA) is 41.5 Å². The average Bonchev–Trinajstić information content (AvgIpc) is 2.78. The summed E-state index contributed by atoms with van der Waals surface area (Å²) in [6, 6.07) is 6.30. The molecule has 0 aliphatic carbocycles. The van der Waals surface area contributed by atoms with Crippen LogP contribution in [0.5, 0.6) is 0 Å². The fourth-order valence-corrected chi connectivity index (χ4v) is 3.92. The Labute approximate surface area is 121 Å². The van der Waals surface area contributed by atoms with E-state index in [1.54, 1.807) is 0 Å². The molecule has 0 saturated carbocycles. The fourth-order valence-electron chi connectivity index (χ4n) is 3.92. The number of benzene rings is 1. The third kappa shape index (κ3) is 2.28. The van der Waals surface area contributed by atoms with Crippen molar-refractivity contribution in [3.63, 3.8) is 0 Å². The Morgan fingerprint density at radius 2 is 2.15 bits per heavy atom. The summed E-state index contributed by atoms with van der Waals surface area (Å²) in [7, 11) is 0. The molecule has 3 heteroatoms. The minimum absolute atomic E-state index is 0.120. The molecule has 3 nitrogen and oxygen atoms in total. The van der Waals surface area contributed by atoms with Gasteiger partial charge in [-0.3, -0.25) is 0 Å². The van der Waals surface area contributed by atoms with Crippen molar-refractivity contribution in [2.24, 2.45) is 5.92 Å². The molecule has 20 heavy (non-hydrogen) atoms. The van der Waals surface area contributed by atoms with Gasteiger partial charge in [-0.15, -0.1) is 0 Å². The number of hydrogen-bond donors (Lipinski definition) is 2. The zero-order valence-electron chi connectivity index (χ0n) is 12.6. The molecule has 0 aromatic heterocycles. The first-order valence-corrected chi connectivity index (χ1v) is 7.70. The summed E-state index contributed by atoms with van der Waals surface area (Å²) >= 11 is 0. The molecule has 3 rings (SSSR count). The van der Waals surface area contributed by atoms with E-state index < -0.39 is 5.60 Å². The van der Waals surface area contributed by atoms with Crippen LogP contribution in [0.25, 0.3) is 0 Å². The van der Waals surface area contributed by atoms with Crippen molar-refractivity contribution in [1.82, 2.24) is 5.32 Å². The van der Waals surface area contributed by atoms with Gasteiger partial charge in [0.15, 0.2) is 0 Å². The molecule has 110 valence electrons. The molecule has 2 heterocycles. The lowest BCUT2D eigenvalue weighted by atomic mass is 9.79. The maximum absolute atomic E-state index is 11.2. The second-order valence-corrected chi connectivity index (χ2v) is 6.60. The van der Waals surface area contributed by atoms with Gasteiger partial charge in [-0.2, -0.15) is 0 Å². The van der Waals surface area contributed by atoms with Gasteiger partial charge in [0.1, 0.15) is 5.60 Å². The highest BCUT2D eigenvalue weighted by molar-refractivity contribution is 5.41. The van der Waals surface area contributed by atoms with E-state index >= 15 is 0 Å². The molecule has 0 amide bonds. The molecule has 2 aliphatic heterocycles. The molecular formula is C17H25NO2. The number of rotatable bonds is 2. The molecule has 1 aromatic carbocycles. The van der Waals surface area contributed by atoms with Crippen LogP contribution in [0.4, 0.5) is 0 Å². The second-order valence-electron chi connectivity index (χ2n) is 6.60. The third-order valence-corrected chi connectivity index (χ3v) is 4.84. The molecule has 2 N–H and O–H groups in total. The highest BCUT2D eigenvalue weighted by Gasteiger charge is 2.44. The van der Waals surface area contributed by atoms with Gasteiger partial charge in [0.25, 0.3) is 0 Å². The molecular weight excluding hydrogens is 250 g/mol. The maximum Gasteiger partial charge on any atom is 0.113 e. The average molecular weight is 275 g/mol. The van der Waals surface area contributed by atoms with E-state index in [-0.39, 0.29) is 12.2 Å². The van der Waals surface area contributed by atoms with Crippen molar-refractivity contribution in [3.8, 4) is 0 Å². The van der Waals surface area contributed by atoms with Crippen LogP contribution < -0.4 is 5.32 Å². The lowest BCUT2D eigenvalue weighted by Gasteiger charge is -2.36. The van der Waals surface area contributed by atoms with Gasteiger partial charge in [-0.25, -0.2) is 0 Å². The second kappa shape index (κ2) is 5.14. The smallest absolute Gasteiger partial charge is 0.113 e. The van der Waals surface area contributed by atoms with Gasteiger partial charge < -0.3 is 15.2 Å². The molecule has 4 atom stereocenters. The first-order chi connectivity index (χ1) is 9.50. The number of hydrogen-bond acceptors (Lipinski definition) is 3. The van der Waals surface area contributed by atoms with Crippen LogP contribution in [0.3, 0.4) is 0 Å². The lowest BCUT2D eigenvalue weighted by Crippen LogP contribution is -2.41. The summed E-state index contributed by atoms with van der Waals surface area (Å²) in [5.41, 5.74) is 2.74. The van der Waals surface area contributed by atoms with Crippen LogP contribution in [-0.4, -0.2) is 23.9 Å². The van der Waals surface area contributed by atoms with Crippen LogP contribution in [0.2, 0.25) is 0 Å². The van der Waals surface area contributed by atoms with Crippen molar-refractivity contribution >= 4 is 0 Å². The van der Waals surface area contributed by atoms with Gasteiger partial charge >= 0.3 is 0 Å². The molecule has 2 aliphatic rings. The first-order valence-electron chi connectivity index (χ1n) is 7.70. The Kier molecular flexibility index (Phi) is 3.61. The molecule has 1 aromatic rings. The predicted octanol–water partition coefficient (Wildman–Crippen LogP) is 2.35.